The average Bonchev–Trinajstić information content (AvgIpc) is 2.62. The highest BCUT2D eigenvalue weighted by Gasteiger charge is 2.18. The van der Waals surface area contributed by atoms with Crippen LogP contribution in [0, 0.1) is 20.8 Å². The number of halogens is 2. The number of carbonyl (C=O) groups is 1. The van der Waals surface area contributed by atoms with Crippen LogP contribution in [0.3, 0.4) is 0 Å². The number of aromatic nitrogens is 2. The molecule has 0 aliphatic carbocycles. The van der Waals surface area contributed by atoms with Gasteiger partial charge in [-0.3, -0.25) is 4.79 Å². The van der Waals surface area contributed by atoms with E-state index in [1.165, 1.54) is 0 Å². The largest absolute Gasteiger partial charge is 0.436 e. The van der Waals surface area contributed by atoms with Gasteiger partial charge in [-0.1, -0.05) is 23.2 Å². The van der Waals surface area contributed by atoms with Crippen LogP contribution in [0.1, 0.15) is 27.7 Å². The van der Waals surface area contributed by atoms with Gasteiger partial charge in [-0.25, -0.2) is 9.97 Å². The summed E-state index contributed by atoms with van der Waals surface area (Å²) in [5.74, 6) is 0.162. The summed E-state index contributed by atoms with van der Waals surface area (Å²) in [6.07, 6.45) is 0. The molecule has 1 N–H and O–H groups in total. The van der Waals surface area contributed by atoms with Crippen LogP contribution in [-0.2, 0) is 0 Å². The van der Waals surface area contributed by atoms with Gasteiger partial charge in [0, 0.05) is 6.92 Å². The Kier molecular flexibility index (Phi) is 3.78. The molecule has 0 unspecified atom stereocenters. The highest BCUT2D eigenvalue weighted by atomic mass is 35.5. The van der Waals surface area contributed by atoms with Crippen molar-refractivity contribution in [3.8, 4) is 0 Å². The van der Waals surface area contributed by atoms with E-state index in [4.69, 9.17) is 27.6 Å². The zero-order valence-corrected chi connectivity index (χ0v) is 12.1. The van der Waals surface area contributed by atoms with Crippen molar-refractivity contribution >= 4 is 34.8 Å². The van der Waals surface area contributed by atoms with Crippen LogP contribution in [0.2, 0.25) is 10.3 Å². The molecule has 0 aromatic carbocycles. The van der Waals surface area contributed by atoms with Gasteiger partial charge in [-0.05, 0) is 25.5 Å². The number of nitrogens with one attached hydrogen (secondary N) is 1. The van der Waals surface area contributed by atoms with Crippen LogP contribution >= 0.6 is 23.2 Å². The van der Waals surface area contributed by atoms with Gasteiger partial charge in [-0.15, -0.1) is 0 Å². The second kappa shape index (κ2) is 5.19. The predicted molar refractivity (Wildman–Crippen MR) is 72.9 cm³/mol. The fourth-order valence-electron chi connectivity index (χ4n) is 1.66. The molecule has 100 valence electrons. The van der Waals surface area contributed by atoms with E-state index in [-0.39, 0.29) is 16.1 Å². The molecule has 2 heterocycles. The number of nitrogens with zero attached hydrogens (tertiary/aromatic N) is 2. The molecule has 2 aromatic heterocycles. The molecule has 0 spiro atoms. The summed E-state index contributed by atoms with van der Waals surface area (Å²) in [5, 5.41) is 3.05. The first-order valence-corrected chi connectivity index (χ1v) is 6.22. The highest BCUT2D eigenvalue weighted by molar-refractivity contribution is 6.35. The minimum absolute atomic E-state index is 0.132. The molecule has 1 amide bonds. The van der Waals surface area contributed by atoms with Crippen LogP contribution in [0.4, 0.5) is 5.69 Å². The molecule has 0 saturated carbocycles. The SMILES string of the molecule is Cc1nc(C)c(C(=O)Nc2c(C)cc(Cl)nc2Cl)o1. The zero-order valence-electron chi connectivity index (χ0n) is 10.5. The smallest absolute Gasteiger partial charge is 0.293 e. The van der Waals surface area contributed by atoms with Crippen molar-refractivity contribution in [3.63, 3.8) is 0 Å². The number of rotatable bonds is 2. The van der Waals surface area contributed by atoms with Crippen molar-refractivity contribution in [2.45, 2.75) is 20.8 Å². The lowest BCUT2D eigenvalue weighted by atomic mass is 10.2. The lowest BCUT2D eigenvalue weighted by Crippen LogP contribution is -2.14. The Bertz CT molecular complexity index is 629. The molecule has 0 radical (unpaired) electrons. The maximum Gasteiger partial charge on any atom is 0.293 e. The summed E-state index contributed by atoms with van der Waals surface area (Å²) >= 11 is 11.7. The first-order chi connectivity index (χ1) is 8.88. The predicted octanol–water partition coefficient (Wildman–Crippen LogP) is 3.55. The fraction of sp³-hybridized carbons (Fsp3) is 0.250. The quantitative estimate of drug-likeness (QED) is 0.861. The molecule has 0 saturated heterocycles. The first kappa shape index (κ1) is 13.8. The number of pyridine rings is 1. The van der Waals surface area contributed by atoms with Gasteiger partial charge in [-0.2, -0.15) is 0 Å². The summed E-state index contributed by atoms with van der Waals surface area (Å²) in [4.78, 5) is 20.0. The monoisotopic (exact) mass is 299 g/mol. The third-order valence-corrected chi connectivity index (χ3v) is 2.96. The third kappa shape index (κ3) is 2.88. The standard InChI is InChI=1S/C12H11Cl2N3O2/c1-5-4-8(13)16-11(14)9(5)17-12(18)10-6(2)15-7(3)19-10/h4H,1-3H3,(H,17,18). The van der Waals surface area contributed by atoms with E-state index in [0.29, 0.717) is 22.8 Å². The molecule has 5 nitrogen and oxygen atoms in total. The summed E-state index contributed by atoms with van der Waals surface area (Å²) in [7, 11) is 0. The Morgan fingerprint density at radius 2 is 1.95 bits per heavy atom. The van der Waals surface area contributed by atoms with Crippen LogP contribution < -0.4 is 5.32 Å². The van der Waals surface area contributed by atoms with Crippen LogP contribution in [0.25, 0.3) is 0 Å². The van der Waals surface area contributed by atoms with Crippen molar-refractivity contribution < 1.29 is 9.21 Å². The molecule has 0 fully saturated rings. The first-order valence-electron chi connectivity index (χ1n) is 5.46. The number of anilines is 1. The average molecular weight is 300 g/mol. The molecular formula is C12H11Cl2N3O2. The summed E-state index contributed by atoms with van der Waals surface area (Å²) in [5.41, 5.74) is 1.64. The number of amides is 1. The van der Waals surface area contributed by atoms with Crippen molar-refractivity contribution in [2.24, 2.45) is 0 Å². The lowest BCUT2D eigenvalue weighted by Gasteiger charge is -2.09. The molecule has 2 aromatic rings. The normalized spacial score (nSPS) is 10.6. The van der Waals surface area contributed by atoms with Crippen LogP contribution in [0.5, 0.6) is 0 Å². The molecule has 0 aliphatic heterocycles. The van der Waals surface area contributed by atoms with Gasteiger partial charge in [0.25, 0.3) is 5.91 Å². The highest BCUT2D eigenvalue weighted by Crippen LogP contribution is 2.27. The molecule has 0 atom stereocenters. The van der Waals surface area contributed by atoms with Gasteiger partial charge < -0.3 is 9.73 Å². The van der Waals surface area contributed by atoms with Gasteiger partial charge >= 0.3 is 0 Å². The lowest BCUT2D eigenvalue weighted by molar-refractivity contribution is 0.0994. The van der Waals surface area contributed by atoms with Gasteiger partial charge in [0.2, 0.25) is 5.76 Å². The van der Waals surface area contributed by atoms with E-state index < -0.39 is 5.91 Å². The molecule has 2 rings (SSSR count). The molecule has 19 heavy (non-hydrogen) atoms. The topological polar surface area (TPSA) is 68.0 Å². The zero-order chi connectivity index (χ0) is 14.2. The van der Waals surface area contributed by atoms with E-state index in [0.717, 1.165) is 0 Å². The van der Waals surface area contributed by atoms with Gasteiger partial charge in [0.15, 0.2) is 11.0 Å². The Morgan fingerprint density at radius 1 is 1.26 bits per heavy atom. The number of hydrogen-bond acceptors (Lipinski definition) is 4. The molecule has 0 bridgehead atoms. The summed E-state index contributed by atoms with van der Waals surface area (Å²) in [6, 6.07) is 1.61. The van der Waals surface area contributed by atoms with Crippen molar-refractivity contribution in [2.75, 3.05) is 5.32 Å². The Balaban J connectivity index is 2.32. The van der Waals surface area contributed by atoms with Crippen LogP contribution in [-0.4, -0.2) is 15.9 Å². The Morgan fingerprint density at radius 3 is 2.47 bits per heavy atom. The summed E-state index contributed by atoms with van der Waals surface area (Å²) < 4.78 is 5.24. The van der Waals surface area contributed by atoms with Crippen molar-refractivity contribution in [1.29, 1.82) is 0 Å². The number of oxazole rings is 1. The van der Waals surface area contributed by atoms with E-state index in [2.05, 4.69) is 15.3 Å². The van der Waals surface area contributed by atoms with Crippen LogP contribution in [0.15, 0.2) is 10.5 Å². The number of carbonyl (C=O) groups excluding carboxylic acids is 1. The second-order valence-corrected chi connectivity index (χ2v) is 4.77. The molecule has 7 heteroatoms. The van der Waals surface area contributed by atoms with Crippen molar-refractivity contribution in [1.82, 2.24) is 9.97 Å². The van der Waals surface area contributed by atoms with E-state index in [1.54, 1.807) is 26.8 Å². The van der Waals surface area contributed by atoms with Gasteiger partial charge in [0.1, 0.15) is 5.15 Å². The van der Waals surface area contributed by atoms with Crippen molar-refractivity contribution in [3.05, 3.63) is 39.3 Å². The number of aryl methyl sites for hydroxylation is 3. The maximum absolute atomic E-state index is 12.1. The maximum atomic E-state index is 12.1. The number of hydrogen-bond donors (Lipinski definition) is 1. The molecule has 0 aliphatic rings. The van der Waals surface area contributed by atoms with Gasteiger partial charge in [0.05, 0.1) is 11.4 Å². The second-order valence-electron chi connectivity index (χ2n) is 4.03. The minimum Gasteiger partial charge on any atom is -0.436 e. The van der Waals surface area contributed by atoms with E-state index in [9.17, 15) is 4.79 Å². The fourth-order valence-corrected chi connectivity index (χ4v) is 2.24. The van der Waals surface area contributed by atoms with E-state index in [1.807, 2.05) is 0 Å². The molecular weight excluding hydrogens is 289 g/mol. The minimum atomic E-state index is -0.424. The van der Waals surface area contributed by atoms with E-state index >= 15 is 0 Å². The summed E-state index contributed by atoms with van der Waals surface area (Å²) in [6.45, 7) is 5.14. The third-order valence-electron chi connectivity index (χ3n) is 2.49. The Hall–Kier alpha value is -1.59. The Labute approximate surface area is 119 Å².